The Labute approximate surface area is 171 Å². The first-order valence-corrected chi connectivity index (χ1v) is 10.6. The Morgan fingerprint density at radius 3 is 2.18 bits per heavy atom. The van der Waals surface area contributed by atoms with Gasteiger partial charge in [-0.15, -0.1) is 0 Å². The van der Waals surface area contributed by atoms with E-state index < -0.39 is 0 Å². The summed E-state index contributed by atoms with van der Waals surface area (Å²) in [5.74, 6) is 0.438. The van der Waals surface area contributed by atoms with E-state index in [4.69, 9.17) is 0 Å². The summed E-state index contributed by atoms with van der Waals surface area (Å²) in [6.07, 6.45) is 1.12. The van der Waals surface area contributed by atoms with Crippen LogP contribution < -0.4 is 9.80 Å². The number of aromatic hydroxyl groups is 1. The maximum atomic E-state index is 10.5. The molecule has 1 aliphatic rings. The van der Waals surface area contributed by atoms with Crippen LogP contribution >= 0.6 is 0 Å². The molecule has 1 aliphatic heterocycles. The topological polar surface area (TPSA) is 27.9 Å². The summed E-state index contributed by atoms with van der Waals surface area (Å²) < 4.78 is 0. The fourth-order valence-electron chi connectivity index (χ4n) is 4.74. The Bertz CT molecular complexity index is 769. The first-order valence-electron chi connectivity index (χ1n) is 10.6. The van der Waals surface area contributed by atoms with Gasteiger partial charge in [0.15, 0.2) is 0 Å². The first-order chi connectivity index (χ1) is 13.1. The van der Waals surface area contributed by atoms with Crippen LogP contribution in [0.2, 0.25) is 0 Å². The minimum absolute atomic E-state index is 0.0992. The lowest BCUT2D eigenvalue weighted by atomic mass is 9.72. The summed E-state index contributed by atoms with van der Waals surface area (Å²) in [5.41, 5.74) is 4.11. The summed E-state index contributed by atoms with van der Waals surface area (Å²) in [4.78, 5) is 4.01. The summed E-state index contributed by atoms with van der Waals surface area (Å²) in [6, 6.07) is 16.9. The molecule has 2 aromatic carbocycles. The van der Waals surface area contributed by atoms with E-state index >= 15 is 0 Å². The second-order valence-electron chi connectivity index (χ2n) is 10.2. The van der Waals surface area contributed by atoms with E-state index in [1.54, 1.807) is 4.90 Å². The average Bonchev–Trinajstić information content (AvgIpc) is 2.63. The van der Waals surface area contributed by atoms with Gasteiger partial charge in [-0.25, -0.2) is 0 Å². The van der Waals surface area contributed by atoms with Gasteiger partial charge in [-0.05, 0) is 47.1 Å². The lowest BCUT2D eigenvalue weighted by Gasteiger charge is -2.35. The molecule has 0 unspecified atom stereocenters. The van der Waals surface area contributed by atoms with Gasteiger partial charge in [0.05, 0.1) is 26.2 Å². The van der Waals surface area contributed by atoms with Crippen molar-refractivity contribution < 1.29 is 10.0 Å². The van der Waals surface area contributed by atoms with Crippen molar-refractivity contribution in [1.29, 1.82) is 0 Å². The Morgan fingerprint density at radius 1 is 0.929 bits per heavy atom. The maximum absolute atomic E-state index is 10.5. The second-order valence-corrected chi connectivity index (χ2v) is 10.2. The fraction of sp³-hybridized carbons (Fsp3) is 0.520. The summed E-state index contributed by atoms with van der Waals surface area (Å²) in [7, 11) is 0. The van der Waals surface area contributed by atoms with Gasteiger partial charge in [0.1, 0.15) is 12.3 Å². The van der Waals surface area contributed by atoms with Gasteiger partial charge in [-0.2, -0.15) is 0 Å². The number of hydrogen-bond acceptors (Lipinski definition) is 2. The monoisotopic (exact) mass is 381 g/mol. The van der Waals surface area contributed by atoms with Crippen LogP contribution in [0.15, 0.2) is 48.5 Å². The van der Waals surface area contributed by atoms with E-state index in [1.165, 1.54) is 11.3 Å². The molecule has 3 rings (SSSR count). The van der Waals surface area contributed by atoms with Gasteiger partial charge < -0.3 is 14.9 Å². The third kappa shape index (κ3) is 5.29. The molecule has 152 valence electrons. The number of anilines is 1. The third-order valence-electron chi connectivity index (χ3n) is 5.87. The number of phenols is 1. The summed E-state index contributed by atoms with van der Waals surface area (Å²) in [5, 5.41) is 10.5. The number of nitrogens with one attached hydrogen (secondary N) is 1. The van der Waals surface area contributed by atoms with E-state index in [2.05, 4.69) is 82.0 Å². The van der Waals surface area contributed by atoms with Crippen LogP contribution in [-0.4, -0.2) is 31.3 Å². The molecule has 1 saturated heterocycles. The molecule has 0 atom stereocenters. The van der Waals surface area contributed by atoms with E-state index in [0.29, 0.717) is 5.75 Å². The molecule has 0 saturated carbocycles. The van der Waals surface area contributed by atoms with Crippen molar-refractivity contribution in [3.05, 3.63) is 59.7 Å². The normalized spacial score (nSPS) is 16.4. The number of para-hydroxylation sites is 1. The second kappa shape index (κ2) is 8.16. The number of quaternary nitrogens is 1. The predicted molar refractivity (Wildman–Crippen MR) is 118 cm³/mol. The molecular weight excluding hydrogens is 344 g/mol. The quantitative estimate of drug-likeness (QED) is 0.819. The molecule has 0 radical (unpaired) electrons. The summed E-state index contributed by atoms with van der Waals surface area (Å²) >= 11 is 0. The van der Waals surface area contributed by atoms with Gasteiger partial charge >= 0.3 is 0 Å². The Balaban J connectivity index is 1.66. The third-order valence-corrected chi connectivity index (χ3v) is 5.87. The molecule has 3 heteroatoms. The highest BCUT2D eigenvalue weighted by Gasteiger charge is 2.28. The number of nitrogens with zero attached hydrogens (tertiary/aromatic N) is 1. The minimum atomic E-state index is 0.0992. The zero-order valence-corrected chi connectivity index (χ0v) is 18.3. The SMILES string of the molecule is CC(C)(C)CC(C)(C)c1ccc(O)c(C[NH+]2CCN(c3ccccc3)CC2)c1. The molecular formula is C25H37N2O+. The highest BCUT2D eigenvalue weighted by molar-refractivity contribution is 5.46. The zero-order valence-electron chi connectivity index (χ0n) is 18.3. The summed E-state index contributed by atoms with van der Waals surface area (Å²) in [6.45, 7) is 16.8. The van der Waals surface area contributed by atoms with Crippen LogP contribution in [0.4, 0.5) is 5.69 Å². The van der Waals surface area contributed by atoms with Crippen LogP contribution in [0.5, 0.6) is 5.75 Å². The number of rotatable bonds is 5. The van der Waals surface area contributed by atoms with Crippen LogP contribution in [0.25, 0.3) is 0 Å². The van der Waals surface area contributed by atoms with Gasteiger partial charge in [0, 0.05) is 11.3 Å². The van der Waals surface area contributed by atoms with Crippen LogP contribution in [-0.2, 0) is 12.0 Å². The van der Waals surface area contributed by atoms with Crippen LogP contribution in [0, 0.1) is 5.41 Å². The predicted octanol–water partition coefficient (Wildman–Crippen LogP) is 4.01. The Kier molecular flexibility index (Phi) is 6.04. The maximum Gasteiger partial charge on any atom is 0.124 e. The highest BCUT2D eigenvalue weighted by atomic mass is 16.3. The Hall–Kier alpha value is -2.00. The van der Waals surface area contributed by atoms with Crippen molar-refractivity contribution in [3.63, 3.8) is 0 Å². The molecule has 0 bridgehead atoms. The first kappa shape index (κ1) is 20.7. The number of hydrogen-bond donors (Lipinski definition) is 2. The highest BCUT2D eigenvalue weighted by Crippen LogP contribution is 2.37. The molecule has 0 aliphatic carbocycles. The molecule has 1 fully saturated rings. The van der Waals surface area contributed by atoms with Crippen LogP contribution in [0.1, 0.15) is 52.2 Å². The molecule has 3 nitrogen and oxygen atoms in total. The lowest BCUT2D eigenvalue weighted by molar-refractivity contribution is -0.914. The van der Waals surface area contributed by atoms with Crippen molar-refractivity contribution in [3.8, 4) is 5.75 Å². The van der Waals surface area contributed by atoms with Crippen molar-refractivity contribution in [2.45, 2.75) is 53.0 Å². The molecule has 0 spiro atoms. The van der Waals surface area contributed by atoms with Gasteiger partial charge in [-0.3, -0.25) is 0 Å². The van der Waals surface area contributed by atoms with E-state index in [-0.39, 0.29) is 10.8 Å². The van der Waals surface area contributed by atoms with E-state index in [9.17, 15) is 5.11 Å². The zero-order chi connectivity index (χ0) is 20.4. The van der Waals surface area contributed by atoms with Gasteiger partial charge in [0.25, 0.3) is 0 Å². The van der Waals surface area contributed by atoms with Crippen molar-refractivity contribution >= 4 is 5.69 Å². The van der Waals surface area contributed by atoms with Gasteiger partial charge in [-0.1, -0.05) is 58.9 Å². The molecule has 2 aromatic rings. The van der Waals surface area contributed by atoms with Crippen molar-refractivity contribution in [2.24, 2.45) is 5.41 Å². The molecule has 0 amide bonds. The van der Waals surface area contributed by atoms with E-state index in [0.717, 1.165) is 44.7 Å². The molecule has 2 N–H and O–H groups in total. The smallest absolute Gasteiger partial charge is 0.124 e. The standard InChI is InChI=1S/C25H36N2O/c1-24(2,3)19-25(4,5)21-11-12-23(28)20(17-21)18-26-13-15-27(16-14-26)22-9-7-6-8-10-22/h6-12,17,28H,13-16,18-19H2,1-5H3/p+1. The fourth-order valence-corrected chi connectivity index (χ4v) is 4.74. The van der Waals surface area contributed by atoms with Crippen molar-refractivity contribution in [2.75, 3.05) is 31.1 Å². The van der Waals surface area contributed by atoms with Crippen LogP contribution in [0.3, 0.4) is 0 Å². The van der Waals surface area contributed by atoms with E-state index in [1.807, 2.05) is 6.07 Å². The van der Waals surface area contributed by atoms with Gasteiger partial charge in [0.2, 0.25) is 0 Å². The number of benzene rings is 2. The lowest BCUT2D eigenvalue weighted by Crippen LogP contribution is -3.13. The molecule has 0 aromatic heterocycles. The average molecular weight is 382 g/mol. The number of piperazine rings is 1. The molecule has 1 heterocycles. The molecule has 28 heavy (non-hydrogen) atoms. The van der Waals surface area contributed by atoms with Crippen molar-refractivity contribution in [1.82, 2.24) is 0 Å². The minimum Gasteiger partial charge on any atom is -0.507 e. The Morgan fingerprint density at radius 2 is 1.57 bits per heavy atom. The number of phenolic OH excluding ortho intramolecular Hbond substituents is 1. The largest absolute Gasteiger partial charge is 0.507 e.